The fourth-order valence-corrected chi connectivity index (χ4v) is 3.65. The molecule has 1 saturated heterocycles. The fraction of sp³-hybridized carbons (Fsp3) is 0.526. The van der Waals surface area contributed by atoms with E-state index in [9.17, 15) is 9.59 Å². The highest BCUT2D eigenvalue weighted by Crippen LogP contribution is 2.35. The number of amidine groups is 1. The molecular weight excluding hydrogens is 350 g/mol. The number of carbonyl (C=O) groups is 2. The van der Waals surface area contributed by atoms with Gasteiger partial charge in [0.2, 0.25) is 6.79 Å². The number of hydrogen-bond acceptors (Lipinski definition) is 6. The zero-order chi connectivity index (χ0) is 19.0. The molecule has 1 aromatic carbocycles. The van der Waals surface area contributed by atoms with Crippen LogP contribution < -0.4 is 19.5 Å². The molecule has 3 aliphatic rings. The molecule has 0 radical (unpaired) electrons. The summed E-state index contributed by atoms with van der Waals surface area (Å²) < 4.78 is 16.4. The quantitative estimate of drug-likeness (QED) is 0.864. The van der Waals surface area contributed by atoms with Crippen LogP contribution in [0.15, 0.2) is 23.2 Å². The van der Waals surface area contributed by atoms with Crippen LogP contribution in [0, 0.1) is 0 Å². The van der Waals surface area contributed by atoms with Crippen LogP contribution in [-0.4, -0.2) is 54.1 Å². The van der Waals surface area contributed by atoms with Gasteiger partial charge < -0.3 is 24.4 Å². The average molecular weight is 373 g/mol. The van der Waals surface area contributed by atoms with Crippen LogP contribution in [0.25, 0.3) is 0 Å². The number of nitrogens with zero attached hydrogens (tertiary/aromatic N) is 2. The summed E-state index contributed by atoms with van der Waals surface area (Å²) in [6, 6.07) is 5.25. The largest absolute Gasteiger partial charge is 0.481 e. The summed E-state index contributed by atoms with van der Waals surface area (Å²) in [4.78, 5) is 31.4. The van der Waals surface area contributed by atoms with Crippen molar-refractivity contribution in [1.82, 2.24) is 10.2 Å². The molecule has 2 amide bonds. The van der Waals surface area contributed by atoms with Gasteiger partial charge in [0.1, 0.15) is 17.1 Å². The summed E-state index contributed by atoms with van der Waals surface area (Å²) in [6.45, 7) is 4.86. The normalized spacial score (nSPS) is 21.0. The SMILES string of the molecule is CCC1=NC2(CCN(C(=O)C(C)Oc3ccc4c(c3)OCO4)CC2)C(=O)N1. The van der Waals surface area contributed by atoms with Crippen LogP contribution in [-0.2, 0) is 9.59 Å². The predicted octanol–water partition coefficient (Wildman–Crippen LogP) is 1.48. The lowest BCUT2D eigenvalue weighted by Gasteiger charge is -2.36. The van der Waals surface area contributed by atoms with Gasteiger partial charge in [-0.15, -0.1) is 0 Å². The number of nitrogens with one attached hydrogen (secondary N) is 1. The van der Waals surface area contributed by atoms with E-state index in [0.29, 0.717) is 49.6 Å². The monoisotopic (exact) mass is 373 g/mol. The zero-order valence-electron chi connectivity index (χ0n) is 15.5. The Morgan fingerprint density at radius 2 is 2.07 bits per heavy atom. The van der Waals surface area contributed by atoms with Gasteiger partial charge in [-0.05, 0) is 31.9 Å². The molecule has 1 atom stereocenters. The minimum Gasteiger partial charge on any atom is -0.481 e. The number of benzene rings is 1. The van der Waals surface area contributed by atoms with E-state index in [4.69, 9.17) is 14.2 Å². The van der Waals surface area contributed by atoms with Crippen LogP contribution >= 0.6 is 0 Å². The first-order valence-corrected chi connectivity index (χ1v) is 9.26. The number of hydrogen-bond donors (Lipinski definition) is 1. The lowest BCUT2D eigenvalue weighted by molar-refractivity contribution is -0.141. The van der Waals surface area contributed by atoms with Gasteiger partial charge >= 0.3 is 0 Å². The van der Waals surface area contributed by atoms with Crippen molar-refractivity contribution < 1.29 is 23.8 Å². The summed E-state index contributed by atoms with van der Waals surface area (Å²) in [5.74, 6) is 2.44. The summed E-state index contributed by atoms with van der Waals surface area (Å²) in [7, 11) is 0. The summed E-state index contributed by atoms with van der Waals surface area (Å²) in [5.41, 5.74) is -0.705. The number of fused-ring (bicyclic) bond motifs is 1. The molecule has 3 aliphatic heterocycles. The first kappa shape index (κ1) is 17.6. The standard InChI is InChI=1S/C19H23N3O5/c1-3-16-20-18(24)19(21-16)6-8-22(9-7-19)17(23)12(2)27-13-4-5-14-15(10-13)26-11-25-14/h4-5,10,12H,3,6-9,11H2,1-2H3,(H,20,21,24). The maximum Gasteiger partial charge on any atom is 0.263 e. The van der Waals surface area contributed by atoms with E-state index in [1.807, 2.05) is 6.92 Å². The smallest absolute Gasteiger partial charge is 0.263 e. The number of rotatable bonds is 4. The lowest BCUT2D eigenvalue weighted by Crippen LogP contribution is -2.52. The van der Waals surface area contributed by atoms with Gasteiger partial charge in [0.05, 0.1) is 0 Å². The molecule has 3 heterocycles. The van der Waals surface area contributed by atoms with Crippen molar-refractivity contribution in [2.24, 2.45) is 4.99 Å². The first-order valence-electron chi connectivity index (χ1n) is 9.26. The molecule has 8 nitrogen and oxygen atoms in total. The van der Waals surface area contributed by atoms with Gasteiger partial charge in [0.25, 0.3) is 11.8 Å². The third kappa shape index (κ3) is 3.20. The molecular formula is C19H23N3O5. The van der Waals surface area contributed by atoms with Crippen molar-refractivity contribution >= 4 is 17.6 Å². The second-order valence-corrected chi connectivity index (χ2v) is 7.00. The molecule has 1 unspecified atom stereocenters. The highest BCUT2D eigenvalue weighted by atomic mass is 16.7. The van der Waals surface area contributed by atoms with Crippen LogP contribution in [0.3, 0.4) is 0 Å². The molecule has 4 rings (SSSR count). The van der Waals surface area contributed by atoms with E-state index in [0.717, 1.165) is 5.84 Å². The van der Waals surface area contributed by atoms with Gasteiger partial charge in [0.15, 0.2) is 17.6 Å². The zero-order valence-corrected chi connectivity index (χ0v) is 15.5. The molecule has 1 aromatic rings. The Labute approximate surface area is 157 Å². The average Bonchev–Trinajstić information content (AvgIpc) is 3.26. The summed E-state index contributed by atoms with van der Waals surface area (Å²) in [6.07, 6.45) is 1.14. The number of carbonyl (C=O) groups excluding carboxylic acids is 2. The fourth-order valence-electron chi connectivity index (χ4n) is 3.65. The maximum absolute atomic E-state index is 12.8. The molecule has 27 heavy (non-hydrogen) atoms. The first-order chi connectivity index (χ1) is 13.0. The van der Waals surface area contributed by atoms with Gasteiger partial charge in [-0.2, -0.15) is 0 Å². The Kier molecular flexibility index (Phi) is 4.41. The van der Waals surface area contributed by atoms with Crippen LogP contribution in [0.4, 0.5) is 0 Å². The summed E-state index contributed by atoms with van der Waals surface area (Å²) in [5, 5.41) is 2.84. The van der Waals surface area contributed by atoms with E-state index >= 15 is 0 Å². The molecule has 144 valence electrons. The van der Waals surface area contributed by atoms with Crippen molar-refractivity contribution in [3.05, 3.63) is 18.2 Å². The maximum atomic E-state index is 12.8. The predicted molar refractivity (Wildman–Crippen MR) is 97.1 cm³/mol. The number of aliphatic imine (C=N–C) groups is 1. The minimum atomic E-state index is -0.705. The Hall–Kier alpha value is -2.77. The lowest BCUT2D eigenvalue weighted by atomic mass is 9.88. The topological polar surface area (TPSA) is 89.5 Å². The second-order valence-electron chi connectivity index (χ2n) is 7.00. The number of amides is 2. The Balaban J connectivity index is 1.36. The van der Waals surface area contributed by atoms with Gasteiger partial charge in [-0.25, -0.2) is 0 Å². The molecule has 0 saturated carbocycles. The number of piperidine rings is 1. The van der Waals surface area contributed by atoms with Crippen LogP contribution in [0.2, 0.25) is 0 Å². The van der Waals surface area contributed by atoms with Crippen LogP contribution in [0.1, 0.15) is 33.1 Å². The van der Waals surface area contributed by atoms with Crippen molar-refractivity contribution in [3.63, 3.8) is 0 Å². The Morgan fingerprint density at radius 1 is 1.33 bits per heavy atom. The van der Waals surface area contributed by atoms with Gasteiger partial charge in [0, 0.05) is 25.6 Å². The van der Waals surface area contributed by atoms with E-state index in [1.165, 1.54) is 0 Å². The van der Waals surface area contributed by atoms with Gasteiger partial charge in [-0.3, -0.25) is 14.6 Å². The van der Waals surface area contributed by atoms with Crippen molar-refractivity contribution in [3.8, 4) is 17.2 Å². The van der Waals surface area contributed by atoms with Crippen molar-refractivity contribution in [1.29, 1.82) is 0 Å². The molecule has 1 spiro atoms. The van der Waals surface area contributed by atoms with E-state index in [2.05, 4.69) is 10.3 Å². The van der Waals surface area contributed by atoms with Gasteiger partial charge in [-0.1, -0.05) is 6.92 Å². The highest BCUT2D eigenvalue weighted by Gasteiger charge is 2.46. The second kappa shape index (κ2) is 6.75. The molecule has 0 aromatic heterocycles. The van der Waals surface area contributed by atoms with E-state index in [1.54, 1.807) is 30.0 Å². The van der Waals surface area contributed by atoms with Crippen molar-refractivity contribution in [2.75, 3.05) is 19.9 Å². The molecule has 1 fully saturated rings. The van der Waals surface area contributed by atoms with E-state index < -0.39 is 11.6 Å². The van der Waals surface area contributed by atoms with Crippen molar-refractivity contribution in [2.45, 2.75) is 44.8 Å². The summed E-state index contributed by atoms with van der Waals surface area (Å²) >= 11 is 0. The molecule has 8 heteroatoms. The third-order valence-electron chi connectivity index (χ3n) is 5.27. The van der Waals surface area contributed by atoms with Crippen LogP contribution in [0.5, 0.6) is 17.2 Å². The third-order valence-corrected chi connectivity index (χ3v) is 5.27. The van der Waals surface area contributed by atoms with E-state index in [-0.39, 0.29) is 18.6 Å². The Morgan fingerprint density at radius 3 is 2.78 bits per heavy atom. The number of likely N-dealkylation sites (tertiary alicyclic amines) is 1. The molecule has 0 aliphatic carbocycles. The molecule has 0 bridgehead atoms. The number of ether oxygens (including phenoxy) is 3. The highest BCUT2D eigenvalue weighted by molar-refractivity contribution is 6.08. The minimum absolute atomic E-state index is 0.0453. The molecule has 1 N–H and O–H groups in total. The Bertz CT molecular complexity index is 799.